The minimum atomic E-state index is -0.250. The fourth-order valence-corrected chi connectivity index (χ4v) is 1.64. The van der Waals surface area contributed by atoms with Gasteiger partial charge in [-0.1, -0.05) is 11.8 Å². The minimum Gasteiger partial charge on any atom is -0.394 e. The van der Waals surface area contributed by atoms with E-state index in [9.17, 15) is 4.39 Å². The van der Waals surface area contributed by atoms with Crippen molar-refractivity contribution >= 4 is 0 Å². The van der Waals surface area contributed by atoms with Gasteiger partial charge in [0, 0.05) is 18.2 Å². The van der Waals surface area contributed by atoms with Crippen molar-refractivity contribution < 1.29 is 14.2 Å². The molecular weight excluding hydrogens is 257 g/mol. The molecule has 0 aliphatic heterocycles. The second kappa shape index (κ2) is 9.49. The quantitative estimate of drug-likeness (QED) is 0.611. The van der Waals surface area contributed by atoms with Gasteiger partial charge in [0.15, 0.2) is 0 Å². The van der Waals surface area contributed by atoms with E-state index in [1.54, 1.807) is 12.1 Å². The Hall–Kier alpha value is -1.41. The van der Waals surface area contributed by atoms with Gasteiger partial charge in [-0.2, -0.15) is 0 Å². The molecule has 0 spiro atoms. The predicted octanol–water partition coefficient (Wildman–Crippen LogP) is 1.90. The van der Waals surface area contributed by atoms with Gasteiger partial charge in [-0.05, 0) is 38.1 Å². The lowest BCUT2D eigenvalue weighted by Gasteiger charge is -2.23. The van der Waals surface area contributed by atoms with Crippen molar-refractivity contribution in [2.24, 2.45) is 0 Å². The van der Waals surface area contributed by atoms with Crippen LogP contribution in [-0.4, -0.2) is 49.0 Å². The Morgan fingerprint density at radius 2 is 1.95 bits per heavy atom. The summed E-state index contributed by atoms with van der Waals surface area (Å²) in [5.74, 6) is 5.86. The summed E-state index contributed by atoms with van der Waals surface area (Å²) in [5.41, 5.74) is 0.812. The Bertz CT molecular complexity index is 434. The Morgan fingerprint density at radius 1 is 1.25 bits per heavy atom. The van der Waals surface area contributed by atoms with E-state index in [2.05, 4.69) is 30.6 Å². The van der Waals surface area contributed by atoms with E-state index in [4.69, 9.17) is 9.84 Å². The van der Waals surface area contributed by atoms with Crippen molar-refractivity contribution in [2.75, 3.05) is 32.9 Å². The fraction of sp³-hybridized carbons (Fsp3) is 0.500. The largest absolute Gasteiger partial charge is 0.394 e. The van der Waals surface area contributed by atoms with Crippen molar-refractivity contribution in [3.8, 4) is 11.8 Å². The summed E-state index contributed by atoms with van der Waals surface area (Å²) in [5, 5.41) is 8.64. The van der Waals surface area contributed by atoms with Crippen LogP contribution in [0.15, 0.2) is 24.3 Å². The Balaban J connectivity index is 2.44. The summed E-state index contributed by atoms with van der Waals surface area (Å²) in [4.78, 5) is 2.19. The number of benzene rings is 1. The Morgan fingerprint density at radius 3 is 2.55 bits per heavy atom. The summed E-state index contributed by atoms with van der Waals surface area (Å²) in [6.45, 7) is 6.61. The van der Waals surface area contributed by atoms with Gasteiger partial charge in [-0.15, -0.1) is 0 Å². The standard InChI is InChI=1S/C16H22FNO2/c1-14(2)18(10-12-20-13-11-19)9-3-4-15-5-7-16(17)8-6-15/h5-8,14,19H,9-13H2,1-2H3. The van der Waals surface area contributed by atoms with Gasteiger partial charge in [-0.25, -0.2) is 4.39 Å². The van der Waals surface area contributed by atoms with Gasteiger partial charge < -0.3 is 9.84 Å². The molecule has 0 fully saturated rings. The predicted molar refractivity (Wildman–Crippen MR) is 77.9 cm³/mol. The van der Waals surface area contributed by atoms with Crippen LogP contribution < -0.4 is 0 Å². The second-order valence-electron chi connectivity index (χ2n) is 4.71. The molecule has 110 valence electrons. The number of aliphatic hydroxyl groups excluding tert-OH is 1. The SMILES string of the molecule is CC(C)N(CC#Cc1ccc(F)cc1)CCOCCO. The lowest BCUT2D eigenvalue weighted by atomic mass is 10.2. The van der Waals surface area contributed by atoms with E-state index >= 15 is 0 Å². The fourth-order valence-electron chi connectivity index (χ4n) is 1.64. The highest BCUT2D eigenvalue weighted by atomic mass is 19.1. The molecule has 0 bridgehead atoms. The maximum atomic E-state index is 12.8. The van der Waals surface area contributed by atoms with Crippen molar-refractivity contribution in [1.82, 2.24) is 4.90 Å². The van der Waals surface area contributed by atoms with Gasteiger partial charge >= 0.3 is 0 Å². The zero-order valence-corrected chi connectivity index (χ0v) is 12.1. The number of halogens is 1. The number of hydrogen-bond donors (Lipinski definition) is 1. The first-order valence-corrected chi connectivity index (χ1v) is 6.80. The summed E-state index contributed by atoms with van der Waals surface area (Å²) < 4.78 is 18.0. The van der Waals surface area contributed by atoms with Crippen LogP contribution in [0.1, 0.15) is 19.4 Å². The molecule has 0 amide bonds. The van der Waals surface area contributed by atoms with E-state index in [-0.39, 0.29) is 12.4 Å². The third-order valence-corrected chi connectivity index (χ3v) is 2.85. The highest BCUT2D eigenvalue weighted by Gasteiger charge is 2.07. The molecule has 0 aromatic heterocycles. The number of ether oxygens (including phenoxy) is 1. The maximum absolute atomic E-state index is 12.8. The number of hydrogen-bond acceptors (Lipinski definition) is 3. The molecule has 1 rings (SSSR count). The molecule has 0 saturated carbocycles. The van der Waals surface area contributed by atoms with Crippen LogP contribution in [0.5, 0.6) is 0 Å². The molecule has 0 aliphatic carbocycles. The Labute approximate surface area is 120 Å². The minimum absolute atomic E-state index is 0.0477. The van der Waals surface area contributed by atoms with Crippen LogP contribution >= 0.6 is 0 Å². The molecule has 0 unspecified atom stereocenters. The van der Waals surface area contributed by atoms with Crippen molar-refractivity contribution in [3.63, 3.8) is 0 Å². The van der Waals surface area contributed by atoms with Crippen LogP contribution in [0.2, 0.25) is 0 Å². The molecule has 1 N–H and O–H groups in total. The van der Waals surface area contributed by atoms with E-state index in [1.165, 1.54) is 12.1 Å². The van der Waals surface area contributed by atoms with Gasteiger partial charge in [0.2, 0.25) is 0 Å². The van der Waals surface area contributed by atoms with Gasteiger partial charge in [0.25, 0.3) is 0 Å². The lowest BCUT2D eigenvalue weighted by molar-refractivity contribution is 0.0704. The van der Waals surface area contributed by atoms with E-state index in [0.717, 1.165) is 12.1 Å². The molecule has 20 heavy (non-hydrogen) atoms. The number of aliphatic hydroxyl groups is 1. The average Bonchev–Trinajstić information content (AvgIpc) is 2.43. The van der Waals surface area contributed by atoms with Crippen LogP contribution in [0.25, 0.3) is 0 Å². The van der Waals surface area contributed by atoms with E-state index in [0.29, 0.717) is 25.8 Å². The molecule has 0 atom stereocenters. The summed E-state index contributed by atoms with van der Waals surface area (Å²) in [6.07, 6.45) is 0. The summed E-state index contributed by atoms with van der Waals surface area (Å²) in [6, 6.07) is 6.54. The third-order valence-electron chi connectivity index (χ3n) is 2.85. The van der Waals surface area contributed by atoms with Crippen LogP contribution in [0.3, 0.4) is 0 Å². The lowest BCUT2D eigenvalue weighted by Crippen LogP contribution is -2.34. The topological polar surface area (TPSA) is 32.7 Å². The molecule has 4 heteroatoms. The molecule has 0 radical (unpaired) electrons. The average molecular weight is 279 g/mol. The van der Waals surface area contributed by atoms with E-state index < -0.39 is 0 Å². The van der Waals surface area contributed by atoms with Crippen molar-refractivity contribution in [3.05, 3.63) is 35.6 Å². The molecular formula is C16H22FNO2. The molecule has 0 aliphatic rings. The second-order valence-corrected chi connectivity index (χ2v) is 4.71. The van der Waals surface area contributed by atoms with Crippen LogP contribution in [0.4, 0.5) is 4.39 Å². The maximum Gasteiger partial charge on any atom is 0.123 e. The van der Waals surface area contributed by atoms with Gasteiger partial charge in [-0.3, -0.25) is 4.90 Å². The van der Waals surface area contributed by atoms with Crippen molar-refractivity contribution in [2.45, 2.75) is 19.9 Å². The van der Waals surface area contributed by atoms with Gasteiger partial charge in [0.1, 0.15) is 5.82 Å². The molecule has 0 saturated heterocycles. The molecule has 0 heterocycles. The molecule has 1 aromatic carbocycles. The smallest absolute Gasteiger partial charge is 0.123 e. The zero-order valence-electron chi connectivity index (χ0n) is 12.1. The van der Waals surface area contributed by atoms with Crippen molar-refractivity contribution in [1.29, 1.82) is 0 Å². The molecule has 1 aromatic rings. The number of nitrogens with zero attached hydrogens (tertiary/aromatic N) is 1. The van der Waals surface area contributed by atoms with Crippen LogP contribution in [-0.2, 0) is 4.74 Å². The highest BCUT2D eigenvalue weighted by molar-refractivity contribution is 5.34. The first-order chi connectivity index (χ1) is 9.63. The van der Waals surface area contributed by atoms with Crippen LogP contribution in [0, 0.1) is 17.7 Å². The van der Waals surface area contributed by atoms with Gasteiger partial charge in [0.05, 0.1) is 26.4 Å². The third kappa shape index (κ3) is 6.67. The number of rotatable bonds is 7. The van der Waals surface area contributed by atoms with E-state index in [1.807, 2.05) is 0 Å². The molecule has 3 nitrogen and oxygen atoms in total. The Kier molecular flexibility index (Phi) is 7.89. The highest BCUT2D eigenvalue weighted by Crippen LogP contribution is 2.01. The monoisotopic (exact) mass is 279 g/mol. The zero-order chi connectivity index (χ0) is 14.8. The first kappa shape index (κ1) is 16.6. The summed E-state index contributed by atoms with van der Waals surface area (Å²) >= 11 is 0. The normalized spacial score (nSPS) is 10.7. The first-order valence-electron chi connectivity index (χ1n) is 6.80. The summed E-state index contributed by atoms with van der Waals surface area (Å²) in [7, 11) is 0.